The van der Waals surface area contributed by atoms with Crippen LogP contribution in [0.3, 0.4) is 0 Å². The van der Waals surface area contributed by atoms with Gasteiger partial charge in [-0.15, -0.1) is 16.8 Å². The summed E-state index contributed by atoms with van der Waals surface area (Å²) in [5, 5.41) is 13.7. The Hall–Kier alpha value is -3.67. The second-order valence-electron chi connectivity index (χ2n) is 5.73. The molecule has 0 atom stereocenters. The minimum absolute atomic E-state index is 0.239. The van der Waals surface area contributed by atoms with E-state index in [0.717, 1.165) is 11.3 Å². The number of hydrogen-bond donors (Lipinski definition) is 2. The molecule has 1 aromatic heterocycles. The number of anilines is 2. The first kappa shape index (κ1) is 18.1. The van der Waals surface area contributed by atoms with Crippen LogP contribution in [0.4, 0.5) is 11.5 Å². The van der Waals surface area contributed by atoms with Gasteiger partial charge in [-0.3, -0.25) is 4.79 Å². The highest BCUT2D eigenvalue weighted by molar-refractivity contribution is 6.02. The molecule has 2 N–H and O–H groups in total. The number of rotatable bonds is 8. The van der Waals surface area contributed by atoms with Crippen molar-refractivity contribution in [2.75, 3.05) is 17.2 Å². The zero-order valence-electron chi connectivity index (χ0n) is 14.8. The zero-order chi connectivity index (χ0) is 18.9. The monoisotopic (exact) mass is 360 g/mol. The SMILES string of the molecule is C=CCNc1ccc(C(=O)Nc2ccc(OCc3ccccc3)cc2)nn1. The van der Waals surface area contributed by atoms with Gasteiger partial charge < -0.3 is 15.4 Å². The Bertz CT molecular complexity index is 878. The Balaban J connectivity index is 1.54. The van der Waals surface area contributed by atoms with Crippen molar-refractivity contribution < 1.29 is 9.53 Å². The van der Waals surface area contributed by atoms with E-state index >= 15 is 0 Å². The molecule has 6 heteroatoms. The molecule has 0 spiro atoms. The molecule has 1 amide bonds. The smallest absolute Gasteiger partial charge is 0.276 e. The van der Waals surface area contributed by atoms with E-state index < -0.39 is 0 Å². The van der Waals surface area contributed by atoms with E-state index in [9.17, 15) is 4.79 Å². The van der Waals surface area contributed by atoms with Gasteiger partial charge >= 0.3 is 0 Å². The molecule has 0 bridgehead atoms. The summed E-state index contributed by atoms with van der Waals surface area (Å²) in [6, 6.07) is 20.4. The Morgan fingerprint density at radius 3 is 2.44 bits per heavy atom. The van der Waals surface area contributed by atoms with Crippen LogP contribution in [0.15, 0.2) is 79.4 Å². The first-order valence-corrected chi connectivity index (χ1v) is 8.51. The number of hydrogen-bond acceptors (Lipinski definition) is 5. The maximum absolute atomic E-state index is 12.3. The van der Waals surface area contributed by atoms with Crippen molar-refractivity contribution in [1.29, 1.82) is 0 Å². The van der Waals surface area contributed by atoms with Gasteiger partial charge in [-0.05, 0) is 42.0 Å². The maximum atomic E-state index is 12.3. The van der Waals surface area contributed by atoms with E-state index in [1.165, 1.54) is 0 Å². The van der Waals surface area contributed by atoms with Crippen LogP contribution in [0.25, 0.3) is 0 Å². The number of carbonyl (C=O) groups is 1. The summed E-state index contributed by atoms with van der Waals surface area (Å²) in [6.45, 7) is 4.69. The minimum atomic E-state index is -0.323. The van der Waals surface area contributed by atoms with Gasteiger partial charge in [0.1, 0.15) is 18.2 Å². The van der Waals surface area contributed by atoms with Crippen LogP contribution >= 0.6 is 0 Å². The number of benzene rings is 2. The van der Waals surface area contributed by atoms with E-state index in [0.29, 0.717) is 24.7 Å². The molecular weight excluding hydrogens is 340 g/mol. The van der Waals surface area contributed by atoms with Crippen molar-refractivity contribution in [1.82, 2.24) is 10.2 Å². The van der Waals surface area contributed by atoms with Crippen LogP contribution in [-0.4, -0.2) is 22.6 Å². The second-order valence-corrected chi connectivity index (χ2v) is 5.73. The first-order valence-electron chi connectivity index (χ1n) is 8.51. The lowest BCUT2D eigenvalue weighted by Crippen LogP contribution is -2.14. The highest BCUT2D eigenvalue weighted by Crippen LogP contribution is 2.17. The lowest BCUT2D eigenvalue weighted by Gasteiger charge is -2.08. The molecule has 0 radical (unpaired) electrons. The van der Waals surface area contributed by atoms with Gasteiger partial charge in [-0.25, -0.2) is 0 Å². The van der Waals surface area contributed by atoms with Gasteiger partial charge in [-0.1, -0.05) is 36.4 Å². The van der Waals surface area contributed by atoms with Crippen LogP contribution in [-0.2, 0) is 6.61 Å². The molecule has 136 valence electrons. The fourth-order valence-electron chi connectivity index (χ4n) is 2.29. The molecule has 0 saturated carbocycles. The Kier molecular flexibility index (Phi) is 6.14. The van der Waals surface area contributed by atoms with Crippen LogP contribution in [0.1, 0.15) is 16.1 Å². The summed E-state index contributed by atoms with van der Waals surface area (Å²) in [5.41, 5.74) is 1.99. The van der Waals surface area contributed by atoms with Crippen molar-refractivity contribution in [2.45, 2.75) is 6.61 Å². The molecule has 27 heavy (non-hydrogen) atoms. The van der Waals surface area contributed by atoms with Gasteiger partial charge in [0.15, 0.2) is 5.69 Å². The third kappa shape index (κ3) is 5.40. The molecule has 0 aliphatic carbocycles. The average Bonchev–Trinajstić information content (AvgIpc) is 2.73. The molecule has 0 saturated heterocycles. The fraction of sp³-hybridized carbons (Fsp3) is 0.0952. The standard InChI is InChI=1S/C21H20N4O2/c1-2-14-22-20-13-12-19(24-25-20)21(26)23-17-8-10-18(11-9-17)27-15-16-6-4-3-5-7-16/h2-13H,1,14-15H2,(H,22,25)(H,23,26). The zero-order valence-corrected chi connectivity index (χ0v) is 14.8. The van der Waals surface area contributed by atoms with E-state index in [4.69, 9.17) is 4.74 Å². The molecule has 3 rings (SSSR count). The molecule has 6 nitrogen and oxygen atoms in total. The van der Waals surface area contributed by atoms with Gasteiger partial charge in [0, 0.05) is 12.2 Å². The number of aromatic nitrogens is 2. The number of amides is 1. The summed E-state index contributed by atoms with van der Waals surface area (Å²) in [4.78, 5) is 12.3. The summed E-state index contributed by atoms with van der Waals surface area (Å²) in [5.74, 6) is 0.997. The topological polar surface area (TPSA) is 76.1 Å². The third-order valence-electron chi connectivity index (χ3n) is 3.69. The molecule has 3 aromatic rings. The van der Waals surface area contributed by atoms with Crippen LogP contribution in [0.2, 0.25) is 0 Å². The largest absolute Gasteiger partial charge is 0.489 e. The predicted molar refractivity (Wildman–Crippen MR) is 106 cm³/mol. The number of ether oxygens (including phenoxy) is 1. The van der Waals surface area contributed by atoms with E-state index in [1.54, 1.807) is 30.3 Å². The van der Waals surface area contributed by atoms with Gasteiger partial charge in [0.25, 0.3) is 5.91 Å². The second kappa shape index (κ2) is 9.15. The third-order valence-corrected chi connectivity index (χ3v) is 3.69. The van der Waals surface area contributed by atoms with Crippen molar-refractivity contribution in [3.05, 3.63) is 90.6 Å². The van der Waals surface area contributed by atoms with Crippen molar-refractivity contribution in [2.24, 2.45) is 0 Å². The van der Waals surface area contributed by atoms with Gasteiger partial charge in [-0.2, -0.15) is 0 Å². The predicted octanol–water partition coefficient (Wildman–Crippen LogP) is 3.91. The highest BCUT2D eigenvalue weighted by Gasteiger charge is 2.09. The summed E-state index contributed by atoms with van der Waals surface area (Å²) >= 11 is 0. The van der Waals surface area contributed by atoms with Crippen molar-refractivity contribution in [3.8, 4) is 5.75 Å². The Labute approximate surface area is 157 Å². The Morgan fingerprint density at radius 1 is 1.00 bits per heavy atom. The van der Waals surface area contributed by atoms with Crippen LogP contribution in [0.5, 0.6) is 5.75 Å². The average molecular weight is 360 g/mol. The van der Waals surface area contributed by atoms with Crippen molar-refractivity contribution >= 4 is 17.4 Å². The molecule has 0 fully saturated rings. The molecule has 0 aliphatic heterocycles. The number of nitrogens with one attached hydrogen (secondary N) is 2. The molecule has 2 aromatic carbocycles. The van der Waals surface area contributed by atoms with E-state index in [-0.39, 0.29) is 11.6 Å². The van der Waals surface area contributed by atoms with E-state index in [1.807, 2.05) is 42.5 Å². The van der Waals surface area contributed by atoms with Crippen LogP contribution in [0, 0.1) is 0 Å². The van der Waals surface area contributed by atoms with Gasteiger partial charge in [0.2, 0.25) is 0 Å². The Morgan fingerprint density at radius 2 is 1.78 bits per heavy atom. The molecule has 1 heterocycles. The highest BCUT2D eigenvalue weighted by atomic mass is 16.5. The number of carbonyl (C=O) groups excluding carboxylic acids is 1. The minimum Gasteiger partial charge on any atom is -0.489 e. The summed E-state index contributed by atoms with van der Waals surface area (Å²) < 4.78 is 5.73. The lowest BCUT2D eigenvalue weighted by atomic mass is 10.2. The lowest BCUT2D eigenvalue weighted by molar-refractivity contribution is 0.102. The fourth-order valence-corrected chi connectivity index (χ4v) is 2.29. The summed E-state index contributed by atoms with van der Waals surface area (Å²) in [6.07, 6.45) is 1.72. The van der Waals surface area contributed by atoms with E-state index in [2.05, 4.69) is 27.4 Å². The number of nitrogens with zero attached hydrogens (tertiary/aromatic N) is 2. The first-order chi connectivity index (χ1) is 13.2. The summed E-state index contributed by atoms with van der Waals surface area (Å²) in [7, 11) is 0. The van der Waals surface area contributed by atoms with Gasteiger partial charge in [0.05, 0.1) is 0 Å². The molecule has 0 aliphatic rings. The maximum Gasteiger partial charge on any atom is 0.276 e. The molecule has 0 unspecified atom stereocenters. The van der Waals surface area contributed by atoms with Crippen molar-refractivity contribution in [3.63, 3.8) is 0 Å². The normalized spacial score (nSPS) is 10.1. The quantitative estimate of drug-likeness (QED) is 0.596. The molecular formula is C21H20N4O2. The van der Waals surface area contributed by atoms with Crippen LogP contribution < -0.4 is 15.4 Å².